The highest BCUT2D eigenvalue weighted by Gasteiger charge is 2.22. The van der Waals surface area contributed by atoms with Gasteiger partial charge in [-0.25, -0.2) is 0 Å². The number of nitrogens with two attached hydrogens (primary N) is 1. The normalized spacial score (nSPS) is 22.2. The van der Waals surface area contributed by atoms with Gasteiger partial charge in [-0.3, -0.25) is 9.89 Å². The Labute approximate surface area is 152 Å². The fourth-order valence-electron chi connectivity index (χ4n) is 3.74. The summed E-state index contributed by atoms with van der Waals surface area (Å²) in [6, 6.07) is 11.1. The molecule has 1 unspecified atom stereocenters. The van der Waals surface area contributed by atoms with Gasteiger partial charge in [-0.1, -0.05) is 25.1 Å². The number of piperazine rings is 1. The molecule has 2 saturated heterocycles. The van der Waals surface area contributed by atoms with E-state index < -0.39 is 0 Å². The van der Waals surface area contributed by atoms with Crippen LogP contribution in [0.5, 0.6) is 0 Å². The number of benzene rings is 1. The minimum atomic E-state index is 0.445. The van der Waals surface area contributed by atoms with Crippen LogP contribution >= 0.6 is 0 Å². The summed E-state index contributed by atoms with van der Waals surface area (Å²) in [5.41, 5.74) is 7.55. The van der Waals surface area contributed by atoms with Gasteiger partial charge in [0.25, 0.3) is 0 Å². The Kier molecular flexibility index (Phi) is 6.19. The van der Waals surface area contributed by atoms with Crippen LogP contribution < -0.4 is 10.6 Å². The molecule has 2 fully saturated rings. The van der Waals surface area contributed by atoms with Crippen LogP contribution in [0.25, 0.3) is 0 Å². The second-order valence-electron chi connectivity index (χ2n) is 7.58. The maximum absolute atomic E-state index is 6.22. The van der Waals surface area contributed by atoms with Gasteiger partial charge in [0.05, 0.1) is 6.54 Å². The highest BCUT2D eigenvalue weighted by molar-refractivity contribution is 5.78. The molecule has 2 aliphatic heterocycles. The lowest BCUT2D eigenvalue weighted by Crippen LogP contribution is -2.50. The number of piperidine rings is 1. The fourth-order valence-corrected chi connectivity index (χ4v) is 3.74. The molecular formula is C20H33N5. The van der Waals surface area contributed by atoms with Crippen molar-refractivity contribution in [2.75, 3.05) is 50.7 Å². The van der Waals surface area contributed by atoms with Crippen molar-refractivity contribution in [3.8, 4) is 0 Å². The highest BCUT2D eigenvalue weighted by atomic mass is 15.3. The van der Waals surface area contributed by atoms with Crippen molar-refractivity contribution in [2.45, 2.75) is 32.7 Å². The molecule has 0 saturated carbocycles. The van der Waals surface area contributed by atoms with Crippen LogP contribution in [-0.2, 0) is 0 Å². The van der Waals surface area contributed by atoms with E-state index in [2.05, 4.69) is 58.9 Å². The number of hydrogen-bond acceptors (Lipinski definition) is 3. The zero-order valence-corrected chi connectivity index (χ0v) is 15.8. The van der Waals surface area contributed by atoms with E-state index in [1.165, 1.54) is 18.5 Å². The van der Waals surface area contributed by atoms with Gasteiger partial charge < -0.3 is 15.5 Å². The summed E-state index contributed by atoms with van der Waals surface area (Å²) in [6.07, 6.45) is 2.46. The van der Waals surface area contributed by atoms with Crippen molar-refractivity contribution in [1.29, 1.82) is 0 Å². The van der Waals surface area contributed by atoms with Gasteiger partial charge in [0.15, 0.2) is 5.96 Å². The van der Waals surface area contributed by atoms with Gasteiger partial charge in [0.2, 0.25) is 0 Å². The molecule has 3 rings (SSSR count). The maximum Gasteiger partial charge on any atom is 0.191 e. The number of nitrogens with zero attached hydrogens (tertiary/aromatic N) is 4. The molecule has 1 aromatic carbocycles. The molecule has 2 heterocycles. The number of para-hydroxylation sites is 1. The second-order valence-corrected chi connectivity index (χ2v) is 7.58. The standard InChI is InChI=1S/C20H33N5/c1-17-8-10-25(11-9-17)20(21)22-16-18(2)23-12-14-24(15-13-23)19-6-4-3-5-7-19/h3-7,17-18H,8-16H2,1-2H3,(H2,21,22). The third-order valence-electron chi connectivity index (χ3n) is 5.68. The van der Waals surface area contributed by atoms with Crippen molar-refractivity contribution in [3.63, 3.8) is 0 Å². The van der Waals surface area contributed by atoms with E-state index in [9.17, 15) is 0 Å². The largest absolute Gasteiger partial charge is 0.370 e. The van der Waals surface area contributed by atoms with Crippen LogP contribution in [0.1, 0.15) is 26.7 Å². The molecule has 1 aromatic rings. The summed E-state index contributed by atoms with van der Waals surface area (Å²) in [4.78, 5) is 11.9. The number of likely N-dealkylation sites (tertiary alicyclic amines) is 1. The molecule has 25 heavy (non-hydrogen) atoms. The molecule has 0 amide bonds. The third-order valence-corrected chi connectivity index (χ3v) is 5.68. The molecular weight excluding hydrogens is 310 g/mol. The van der Waals surface area contributed by atoms with Crippen LogP contribution in [0, 0.1) is 5.92 Å². The monoisotopic (exact) mass is 343 g/mol. The molecule has 0 aromatic heterocycles. The first kappa shape index (κ1) is 18.1. The number of anilines is 1. The molecule has 2 N–H and O–H groups in total. The van der Waals surface area contributed by atoms with Gasteiger partial charge in [-0.15, -0.1) is 0 Å². The van der Waals surface area contributed by atoms with E-state index in [1.54, 1.807) is 0 Å². The van der Waals surface area contributed by atoms with Crippen molar-refractivity contribution in [2.24, 2.45) is 16.6 Å². The molecule has 1 atom stereocenters. The van der Waals surface area contributed by atoms with Crippen LogP contribution in [0.2, 0.25) is 0 Å². The molecule has 5 heteroatoms. The summed E-state index contributed by atoms with van der Waals surface area (Å²) < 4.78 is 0. The van der Waals surface area contributed by atoms with E-state index in [-0.39, 0.29) is 0 Å². The van der Waals surface area contributed by atoms with E-state index in [1.807, 2.05) is 0 Å². The minimum absolute atomic E-state index is 0.445. The highest BCUT2D eigenvalue weighted by Crippen LogP contribution is 2.17. The Balaban J connectivity index is 1.44. The smallest absolute Gasteiger partial charge is 0.191 e. The van der Waals surface area contributed by atoms with Crippen molar-refractivity contribution < 1.29 is 0 Å². The molecule has 0 spiro atoms. The molecule has 0 radical (unpaired) electrons. The van der Waals surface area contributed by atoms with Gasteiger partial charge >= 0.3 is 0 Å². The predicted molar refractivity (Wildman–Crippen MR) is 106 cm³/mol. The Hall–Kier alpha value is -1.75. The Morgan fingerprint density at radius 3 is 2.36 bits per heavy atom. The second kappa shape index (κ2) is 8.56. The predicted octanol–water partition coefficient (Wildman–Crippen LogP) is 2.24. The first-order valence-corrected chi connectivity index (χ1v) is 9.72. The van der Waals surface area contributed by atoms with E-state index >= 15 is 0 Å². The first-order chi connectivity index (χ1) is 12.1. The molecule has 2 aliphatic rings. The molecule has 138 valence electrons. The third kappa shape index (κ3) is 4.88. The molecule has 0 aliphatic carbocycles. The van der Waals surface area contributed by atoms with Crippen LogP contribution in [0.15, 0.2) is 35.3 Å². The van der Waals surface area contributed by atoms with E-state index in [0.29, 0.717) is 6.04 Å². The molecule has 5 nitrogen and oxygen atoms in total. The van der Waals surface area contributed by atoms with Crippen molar-refractivity contribution in [1.82, 2.24) is 9.80 Å². The SMILES string of the molecule is CC1CCN(C(N)=NCC(C)N2CCN(c3ccccc3)CC2)CC1. The van der Waals surface area contributed by atoms with Crippen LogP contribution in [0.4, 0.5) is 5.69 Å². The lowest BCUT2D eigenvalue weighted by molar-refractivity contribution is 0.201. The van der Waals surface area contributed by atoms with Gasteiger partial charge in [0.1, 0.15) is 0 Å². The maximum atomic E-state index is 6.22. The number of rotatable bonds is 4. The summed E-state index contributed by atoms with van der Waals surface area (Å²) in [7, 11) is 0. The summed E-state index contributed by atoms with van der Waals surface area (Å²) >= 11 is 0. The van der Waals surface area contributed by atoms with Gasteiger partial charge in [0, 0.05) is 51.0 Å². The van der Waals surface area contributed by atoms with Gasteiger partial charge in [-0.2, -0.15) is 0 Å². The number of hydrogen-bond donors (Lipinski definition) is 1. The summed E-state index contributed by atoms with van der Waals surface area (Å²) in [6.45, 7) is 11.8. The average Bonchev–Trinajstić information content (AvgIpc) is 2.67. The van der Waals surface area contributed by atoms with Crippen molar-refractivity contribution in [3.05, 3.63) is 30.3 Å². The van der Waals surface area contributed by atoms with Gasteiger partial charge in [-0.05, 0) is 37.8 Å². The summed E-state index contributed by atoms with van der Waals surface area (Å²) in [5.74, 6) is 1.56. The van der Waals surface area contributed by atoms with Crippen LogP contribution in [-0.4, -0.2) is 67.6 Å². The quantitative estimate of drug-likeness (QED) is 0.673. The number of aliphatic imine (C=N–C) groups is 1. The fraction of sp³-hybridized carbons (Fsp3) is 0.650. The Morgan fingerprint density at radius 2 is 1.72 bits per heavy atom. The molecule has 0 bridgehead atoms. The van der Waals surface area contributed by atoms with Crippen LogP contribution in [0.3, 0.4) is 0 Å². The van der Waals surface area contributed by atoms with E-state index in [0.717, 1.165) is 57.7 Å². The van der Waals surface area contributed by atoms with E-state index in [4.69, 9.17) is 10.7 Å². The zero-order chi connectivity index (χ0) is 17.6. The van der Waals surface area contributed by atoms with Crippen molar-refractivity contribution >= 4 is 11.6 Å². The Bertz CT molecular complexity index is 542. The first-order valence-electron chi connectivity index (χ1n) is 9.72. The zero-order valence-electron chi connectivity index (χ0n) is 15.8. The lowest BCUT2D eigenvalue weighted by Gasteiger charge is -2.39. The summed E-state index contributed by atoms with van der Waals surface area (Å²) in [5, 5.41) is 0. The minimum Gasteiger partial charge on any atom is -0.370 e. The Morgan fingerprint density at radius 1 is 1.08 bits per heavy atom. The number of guanidine groups is 1. The topological polar surface area (TPSA) is 48.1 Å². The average molecular weight is 344 g/mol. The lowest BCUT2D eigenvalue weighted by atomic mass is 10.00.